The molecule has 3 fully saturated rings. The van der Waals surface area contributed by atoms with E-state index in [9.17, 15) is 13.6 Å². The average molecular weight is 538 g/mol. The van der Waals surface area contributed by atoms with Gasteiger partial charge >= 0.3 is 0 Å². The maximum Gasteiger partial charge on any atom is 0.262 e. The lowest BCUT2D eigenvalue weighted by atomic mass is 9.99. The van der Waals surface area contributed by atoms with E-state index in [1.807, 2.05) is 19.1 Å². The van der Waals surface area contributed by atoms with Crippen LogP contribution in [0, 0.1) is 18.7 Å². The van der Waals surface area contributed by atoms with Gasteiger partial charge in [0.2, 0.25) is 5.95 Å². The van der Waals surface area contributed by atoms with Gasteiger partial charge < -0.3 is 15.0 Å². The van der Waals surface area contributed by atoms with E-state index in [1.54, 1.807) is 11.4 Å². The zero-order valence-electron chi connectivity index (χ0n) is 21.5. The standard InChI is InChI=1S/C27H26F3N7O2/c1-3-21-33-22-9-16(10-23(36(22)34-21)35-4-6-39-7-5-35)17-11-20(19(28)8-15(17)2)32-25(38)18-12-31-37(24(18)29)27-13-26(27,30)14-27/h8-12H,3-7,13-14H2,1-2H3,(H,32,38). The Hall–Kier alpha value is -3.93. The van der Waals surface area contributed by atoms with Gasteiger partial charge in [-0.25, -0.2) is 18.4 Å². The Kier molecular flexibility index (Phi) is 5.13. The van der Waals surface area contributed by atoms with Crippen LogP contribution in [0.5, 0.6) is 0 Å². The highest BCUT2D eigenvalue weighted by Crippen LogP contribution is 2.78. The van der Waals surface area contributed by atoms with Crippen LogP contribution in [-0.2, 0) is 16.7 Å². The van der Waals surface area contributed by atoms with Crippen molar-refractivity contribution in [2.75, 3.05) is 36.5 Å². The first-order valence-electron chi connectivity index (χ1n) is 13.0. The van der Waals surface area contributed by atoms with Gasteiger partial charge in [-0.15, -0.1) is 5.10 Å². The maximum absolute atomic E-state index is 15.0. The van der Waals surface area contributed by atoms with E-state index >= 15 is 4.39 Å². The molecule has 7 rings (SSSR count). The molecule has 9 nitrogen and oxygen atoms in total. The Morgan fingerprint density at radius 3 is 2.59 bits per heavy atom. The van der Waals surface area contributed by atoms with Crippen molar-refractivity contribution in [2.45, 2.75) is 44.3 Å². The summed E-state index contributed by atoms with van der Waals surface area (Å²) in [5.74, 6) is -0.894. The molecule has 2 saturated carbocycles. The smallest absolute Gasteiger partial charge is 0.262 e. The van der Waals surface area contributed by atoms with E-state index in [2.05, 4.69) is 25.4 Å². The van der Waals surface area contributed by atoms with Crippen LogP contribution in [0.1, 0.15) is 41.5 Å². The number of ether oxygens (including phenoxy) is 1. The normalized spacial score (nSPS) is 23.7. The van der Waals surface area contributed by atoms with Crippen LogP contribution in [0.25, 0.3) is 16.8 Å². The highest BCUT2D eigenvalue weighted by atomic mass is 19.2. The zero-order valence-corrected chi connectivity index (χ0v) is 21.5. The topological polar surface area (TPSA) is 89.6 Å². The Bertz CT molecular complexity index is 1650. The third-order valence-electron chi connectivity index (χ3n) is 8.08. The van der Waals surface area contributed by atoms with Gasteiger partial charge in [0, 0.05) is 32.4 Å². The molecular weight excluding hydrogens is 511 g/mol. The van der Waals surface area contributed by atoms with Crippen LogP contribution in [-0.4, -0.2) is 62.3 Å². The number of hydrogen-bond acceptors (Lipinski definition) is 6. The van der Waals surface area contributed by atoms with Gasteiger partial charge in [0.25, 0.3) is 5.91 Å². The molecule has 0 unspecified atom stereocenters. The second-order valence-electron chi connectivity index (χ2n) is 10.6. The number of hydrogen-bond donors (Lipinski definition) is 1. The highest BCUT2D eigenvalue weighted by molar-refractivity contribution is 6.04. The summed E-state index contributed by atoms with van der Waals surface area (Å²) in [6.45, 7) is 6.32. The minimum absolute atomic E-state index is 0.105. The second-order valence-corrected chi connectivity index (χ2v) is 10.6. The molecule has 3 aromatic heterocycles. The summed E-state index contributed by atoms with van der Waals surface area (Å²) in [5.41, 5.74) is -0.102. The molecule has 12 heteroatoms. The SMILES string of the molecule is CCc1nc2cc(-c3cc(NC(=O)c4cnn(C56CC5(F)C6)c4F)c(F)cc3C)cc(N3CCOCC3)n2n1. The molecule has 39 heavy (non-hydrogen) atoms. The molecule has 1 aliphatic heterocycles. The number of rotatable bonds is 6. The Morgan fingerprint density at radius 2 is 1.90 bits per heavy atom. The quantitative estimate of drug-likeness (QED) is 0.400. The average Bonchev–Trinajstić information content (AvgIpc) is 3.47. The van der Waals surface area contributed by atoms with E-state index < -0.39 is 28.9 Å². The van der Waals surface area contributed by atoms with Crippen LogP contribution in [0.15, 0.2) is 30.5 Å². The predicted molar refractivity (Wildman–Crippen MR) is 137 cm³/mol. The third kappa shape index (κ3) is 3.64. The van der Waals surface area contributed by atoms with Crippen LogP contribution < -0.4 is 10.2 Å². The van der Waals surface area contributed by atoms with Crippen LogP contribution in [0.4, 0.5) is 24.7 Å². The summed E-state index contributed by atoms with van der Waals surface area (Å²) in [4.78, 5) is 19.8. The zero-order chi connectivity index (χ0) is 27.1. The van der Waals surface area contributed by atoms with Crippen molar-refractivity contribution in [3.8, 4) is 11.1 Å². The molecule has 202 valence electrons. The van der Waals surface area contributed by atoms with Gasteiger partial charge in [0.1, 0.15) is 28.4 Å². The number of morpholine rings is 1. The number of carbonyl (C=O) groups excluding carboxylic acids is 1. The molecule has 2 aliphatic carbocycles. The van der Waals surface area contributed by atoms with E-state index in [4.69, 9.17) is 4.74 Å². The minimum Gasteiger partial charge on any atom is -0.378 e. The summed E-state index contributed by atoms with van der Waals surface area (Å²) < 4.78 is 52.4. The molecular formula is C27H26F3N7O2. The number of alkyl halides is 1. The van der Waals surface area contributed by atoms with Crippen molar-refractivity contribution in [3.63, 3.8) is 0 Å². The first-order valence-corrected chi connectivity index (χ1v) is 13.0. The van der Waals surface area contributed by atoms with Crippen LogP contribution in [0.3, 0.4) is 0 Å². The molecule has 0 radical (unpaired) electrons. The van der Waals surface area contributed by atoms with Crippen LogP contribution in [0.2, 0.25) is 0 Å². The molecule has 0 bridgehead atoms. The number of amides is 1. The molecule has 1 saturated heterocycles. The van der Waals surface area contributed by atoms with Gasteiger partial charge in [0.15, 0.2) is 11.5 Å². The first kappa shape index (κ1) is 24.1. The predicted octanol–water partition coefficient (Wildman–Crippen LogP) is 4.04. The minimum atomic E-state index is -1.42. The molecule has 3 aliphatic rings. The summed E-state index contributed by atoms with van der Waals surface area (Å²) in [5, 5.41) is 11.0. The fourth-order valence-electron chi connectivity index (χ4n) is 5.51. The van der Waals surface area contributed by atoms with Gasteiger partial charge in [-0.2, -0.15) is 14.0 Å². The van der Waals surface area contributed by atoms with E-state index in [-0.39, 0.29) is 24.1 Å². The Balaban J connectivity index is 1.24. The first-order chi connectivity index (χ1) is 18.7. The number of pyridine rings is 1. The summed E-state index contributed by atoms with van der Waals surface area (Å²) in [6, 6.07) is 6.70. The number of nitrogens with zero attached hydrogens (tertiary/aromatic N) is 6. The van der Waals surface area contributed by atoms with Gasteiger partial charge in [-0.3, -0.25) is 4.79 Å². The van der Waals surface area contributed by atoms with Gasteiger partial charge in [-0.05, 0) is 47.9 Å². The summed E-state index contributed by atoms with van der Waals surface area (Å²) >= 11 is 0. The molecule has 1 amide bonds. The number of carbonyl (C=O) groups is 1. The highest BCUT2D eigenvalue weighted by Gasteiger charge is 2.88. The van der Waals surface area contributed by atoms with Crippen molar-refractivity contribution in [3.05, 3.63) is 59.2 Å². The fourth-order valence-corrected chi connectivity index (χ4v) is 5.51. The number of halogens is 3. The van der Waals surface area contributed by atoms with E-state index in [0.717, 1.165) is 22.3 Å². The number of nitrogens with one attached hydrogen (secondary N) is 1. The van der Waals surface area contributed by atoms with Crippen LogP contribution >= 0.6 is 0 Å². The molecule has 1 N–H and O–H groups in total. The Labute approximate surface area is 221 Å². The lowest BCUT2D eigenvalue weighted by Gasteiger charge is -2.29. The van der Waals surface area contributed by atoms with Gasteiger partial charge in [0.05, 0.1) is 25.1 Å². The number of fused-ring (bicyclic) bond motifs is 2. The maximum atomic E-state index is 15.0. The largest absolute Gasteiger partial charge is 0.378 e. The molecule has 4 heterocycles. The van der Waals surface area contributed by atoms with Crippen molar-refractivity contribution < 1.29 is 22.7 Å². The van der Waals surface area contributed by atoms with Crippen molar-refractivity contribution in [1.82, 2.24) is 24.4 Å². The van der Waals surface area contributed by atoms with Gasteiger partial charge in [-0.1, -0.05) is 6.92 Å². The van der Waals surface area contributed by atoms with E-state index in [1.165, 1.54) is 12.1 Å². The van der Waals surface area contributed by atoms with E-state index in [0.29, 0.717) is 55.3 Å². The van der Waals surface area contributed by atoms with Crippen molar-refractivity contribution in [2.24, 2.45) is 0 Å². The monoisotopic (exact) mass is 537 g/mol. The number of benzene rings is 1. The number of aromatic nitrogens is 5. The third-order valence-corrected chi connectivity index (χ3v) is 8.08. The molecule has 1 aromatic carbocycles. The lowest BCUT2D eigenvalue weighted by molar-refractivity contribution is 0.102. The molecule has 0 atom stereocenters. The Morgan fingerprint density at radius 1 is 1.15 bits per heavy atom. The summed E-state index contributed by atoms with van der Waals surface area (Å²) in [6.07, 6.45) is 2.12. The fraction of sp³-hybridized carbons (Fsp3) is 0.407. The molecule has 4 aromatic rings. The summed E-state index contributed by atoms with van der Waals surface area (Å²) in [7, 11) is 0. The van der Waals surface area contributed by atoms with Crippen molar-refractivity contribution in [1.29, 1.82) is 0 Å². The number of anilines is 2. The number of aryl methyl sites for hydroxylation is 2. The lowest BCUT2D eigenvalue weighted by Crippen LogP contribution is -2.37. The molecule has 0 spiro atoms. The van der Waals surface area contributed by atoms with Crippen molar-refractivity contribution >= 4 is 23.1 Å². The second kappa shape index (κ2) is 8.28.